The number of aromatic nitrogens is 2. The molecule has 1 aliphatic heterocycles. The van der Waals surface area contributed by atoms with Gasteiger partial charge in [0.05, 0.1) is 16.6 Å². The summed E-state index contributed by atoms with van der Waals surface area (Å²) in [6.07, 6.45) is 0.981. The lowest BCUT2D eigenvalue weighted by molar-refractivity contribution is 0.0629. The number of piperidine rings is 1. The van der Waals surface area contributed by atoms with Crippen LogP contribution in [0.1, 0.15) is 30.6 Å². The third-order valence-corrected chi connectivity index (χ3v) is 4.65. The van der Waals surface area contributed by atoms with Gasteiger partial charge in [0.15, 0.2) is 4.77 Å². The van der Waals surface area contributed by atoms with E-state index >= 15 is 0 Å². The van der Waals surface area contributed by atoms with Crippen LogP contribution < -0.4 is 0 Å². The third kappa shape index (κ3) is 2.60. The second kappa shape index (κ2) is 5.26. The van der Waals surface area contributed by atoms with Gasteiger partial charge in [-0.05, 0) is 42.6 Å². The minimum absolute atomic E-state index is 0.136. The van der Waals surface area contributed by atoms with Gasteiger partial charge in [-0.25, -0.2) is 4.39 Å². The van der Waals surface area contributed by atoms with Crippen molar-refractivity contribution in [1.29, 1.82) is 0 Å². The normalized spacial score (nSPS) is 22.7. The highest BCUT2D eigenvalue weighted by molar-refractivity contribution is 7.71. The predicted octanol–water partition coefficient (Wildman–Crippen LogP) is 3.48. The highest BCUT2D eigenvalue weighted by atomic mass is 32.1. The first-order chi connectivity index (χ1) is 9.95. The number of nitrogens with zero attached hydrogens (tertiary/aromatic N) is 1. The number of imidazole rings is 1. The van der Waals surface area contributed by atoms with Crippen LogP contribution in [-0.4, -0.2) is 33.9 Å². The van der Waals surface area contributed by atoms with Crippen molar-refractivity contribution >= 4 is 29.2 Å². The Kier molecular flexibility index (Phi) is 3.57. The van der Waals surface area contributed by atoms with Crippen LogP contribution in [0.3, 0.4) is 0 Å². The zero-order chi connectivity index (χ0) is 15.1. The Morgan fingerprint density at radius 3 is 2.81 bits per heavy atom. The lowest BCUT2D eigenvalue weighted by Crippen LogP contribution is -2.42. The van der Waals surface area contributed by atoms with E-state index in [-0.39, 0.29) is 5.91 Å². The number of aromatic amines is 2. The fourth-order valence-corrected chi connectivity index (χ4v) is 3.11. The lowest BCUT2D eigenvalue weighted by Gasteiger charge is -2.35. The third-order valence-electron chi connectivity index (χ3n) is 4.44. The topological polar surface area (TPSA) is 51.9 Å². The molecule has 1 amide bonds. The Morgan fingerprint density at radius 2 is 2.10 bits per heavy atom. The van der Waals surface area contributed by atoms with Gasteiger partial charge in [0.25, 0.3) is 5.91 Å². The van der Waals surface area contributed by atoms with Crippen LogP contribution in [0.15, 0.2) is 12.1 Å². The Labute approximate surface area is 127 Å². The van der Waals surface area contributed by atoms with Crippen molar-refractivity contribution < 1.29 is 9.18 Å². The van der Waals surface area contributed by atoms with Crippen molar-refractivity contribution in [3.63, 3.8) is 0 Å². The standard InChI is InChI=1S/C15H18FN3OS/c1-8-3-4-19(7-9(8)2)14(20)11-5-10(16)6-12-13(11)18-15(21)17-12/h5-6,8-9H,3-4,7H2,1-2H3,(H2,17,18,21). The molecule has 0 radical (unpaired) electrons. The van der Waals surface area contributed by atoms with E-state index in [0.717, 1.165) is 6.42 Å². The molecule has 1 aromatic heterocycles. The smallest absolute Gasteiger partial charge is 0.256 e. The number of hydrogen-bond donors (Lipinski definition) is 2. The zero-order valence-corrected chi connectivity index (χ0v) is 12.9. The van der Waals surface area contributed by atoms with E-state index in [1.807, 2.05) is 4.90 Å². The number of likely N-dealkylation sites (tertiary alicyclic amines) is 1. The summed E-state index contributed by atoms with van der Waals surface area (Å²) < 4.78 is 14.1. The maximum absolute atomic E-state index is 13.7. The van der Waals surface area contributed by atoms with E-state index < -0.39 is 5.82 Å². The molecule has 1 saturated heterocycles. The summed E-state index contributed by atoms with van der Waals surface area (Å²) in [6.45, 7) is 5.78. The van der Waals surface area contributed by atoms with Crippen LogP contribution in [0.4, 0.5) is 4.39 Å². The molecule has 1 fully saturated rings. The van der Waals surface area contributed by atoms with E-state index in [2.05, 4.69) is 23.8 Å². The molecule has 2 aromatic rings. The highest BCUT2D eigenvalue weighted by Gasteiger charge is 2.28. The van der Waals surface area contributed by atoms with Gasteiger partial charge in [-0.2, -0.15) is 0 Å². The van der Waals surface area contributed by atoms with Crippen molar-refractivity contribution in [3.05, 3.63) is 28.3 Å². The molecule has 6 heteroatoms. The minimum atomic E-state index is -0.436. The van der Waals surface area contributed by atoms with Crippen LogP contribution in [-0.2, 0) is 0 Å². The molecule has 0 saturated carbocycles. The first-order valence-electron chi connectivity index (χ1n) is 7.16. The second-order valence-corrected chi connectivity index (χ2v) is 6.36. The largest absolute Gasteiger partial charge is 0.338 e. The number of hydrogen-bond acceptors (Lipinski definition) is 2. The molecule has 2 unspecified atom stereocenters. The molecule has 1 aliphatic rings. The molecule has 0 aliphatic carbocycles. The number of amides is 1. The molecular weight excluding hydrogens is 289 g/mol. The first kappa shape index (κ1) is 14.3. The number of benzene rings is 1. The van der Waals surface area contributed by atoms with Gasteiger partial charge >= 0.3 is 0 Å². The number of carbonyl (C=O) groups is 1. The Morgan fingerprint density at radius 1 is 1.33 bits per heavy atom. The van der Waals surface area contributed by atoms with Crippen LogP contribution in [0.2, 0.25) is 0 Å². The summed E-state index contributed by atoms with van der Waals surface area (Å²) in [5, 5.41) is 0. The molecule has 21 heavy (non-hydrogen) atoms. The van der Waals surface area contributed by atoms with Gasteiger partial charge in [0.1, 0.15) is 5.82 Å². The summed E-state index contributed by atoms with van der Waals surface area (Å²) in [4.78, 5) is 20.3. The monoisotopic (exact) mass is 307 g/mol. The highest BCUT2D eigenvalue weighted by Crippen LogP contribution is 2.26. The molecule has 2 heterocycles. The van der Waals surface area contributed by atoms with Gasteiger partial charge in [-0.1, -0.05) is 13.8 Å². The summed E-state index contributed by atoms with van der Waals surface area (Å²) in [5.74, 6) is 0.495. The summed E-state index contributed by atoms with van der Waals surface area (Å²) in [5.41, 5.74) is 1.46. The molecule has 2 N–H and O–H groups in total. The van der Waals surface area contributed by atoms with Crippen molar-refractivity contribution in [1.82, 2.24) is 14.9 Å². The summed E-state index contributed by atoms with van der Waals surface area (Å²) in [6, 6.07) is 2.63. The molecule has 0 spiro atoms. The molecule has 1 aromatic carbocycles. The number of rotatable bonds is 1. The number of carbonyl (C=O) groups excluding carboxylic acids is 1. The average molecular weight is 307 g/mol. The maximum atomic E-state index is 13.7. The van der Waals surface area contributed by atoms with Gasteiger partial charge in [-0.3, -0.25) is 4.79 Å². The van der Waals surface area contributed by atoms with Crippen LogP contribution in [0.5, 0.6) is 0 Å². The van der Waals surface area contributed by atoms with Crippen LogP contribution >= 0.6 is 12.2 Å². The molecule has 3 rings (SSSR count). The van der Waals surface area contributed by atoms with Crippen molar-refractivity contribution in [2.45, 2.75) is 20.3 Å². The van der Waals surface area contributed by atoms with Gasteiger partial charge in [0.2, 0.25) is 0 Å². The molecular formula is C15H18FN3OS. The maximum Gasteiger partial charge on any atom is 0.256 e. The van der Waals surface area contributed by atoms with E-state index in [1.165, 1.54) is 12.1 Å². The number of H-pyrrole nitrogens is 2. The van der Waals surface area contributed by atoms with Gasteiger partial charge in [-0.15, -0.1) is 0 Å². The Hall–Kier alpha value is -1.69. The molecule has 4 nitrogen and oxygen atoms in total. The van der Waals surface area contributed by atoms with E-state index in [0.29, 0.717) is 46.3 Å². The minimum Gasteiger partial charge on any atom is -0.338 e. The number of nitrogens with one attached hydrogen (secondary N) is 2. The molecule has 2 atom stereocenters. The summed E-state index contributed by atoms with van der Waals surface area (Å²) >= 11 is 5.03. The van der Waals surface area contributed by atoms with E-state index in [1.54, 1.807) is 0 Å². The fraction of sp³-hybridized carbons (Fsp3) is 0.467. The Bertz CT molecular complexity index is 751. The van der Waals surface area contributed by atoms with Gasteiger partial charge in [0, 0.05) is 13.1 Å². The average Bonchev–Trinajstić information content (AvgIpc) is 2.80. The van der Waals surface area contributed by atoms with E-state index in [9.17, 15) is 9.18 Å². The van der Waals surface area contributed by atoms with Crippen molar-refractivity contribution in [2.75, 3.05) is 13.1 Å². The SMILES string of the molecule is CC1CCN(C(=O)c2cc(F)cc3[nH]c(=S)[nH]c23)CC1C. The van der Waals surface area contributed by atoms with Crippen molar-refractivity contribution in [3.8, 4) is 0 Å². The van der Waals surface area contributed by atoms with Crippen LogP contribution in [0, 0.1) is 22.4 Å². The quantitative estimate of drug-likeness (QED) is 0.793. The summed E-state index contributed by atoms with van der Waals surface area (Å²) in [7, 11) is 0. The predicted molar refractivity (Wildman–Crippen MR) is 82.3 cm³/mol. The number of fused-ring (bicyclic) bond motifs is 1. The lowest BCUT2D eigenvalue weighted by atomic mass is 9.88. The first-order valence-corrected chi connectivity index (χ1v) is 7.57. The molecule has 0 bridgehead atoms. The van der Waals surface area contributed by atoms with Crippen LogP contribution in [0.25, 0.3) is 11.0 Å². The van der Waals surface area contributed by atoms with E-state index in [4.69, 9.17) is 12.2 Å². The zero-order valence-electron chi connectivity index (χ0n) is 12.1. The number of halogens is 1. The molecule has 112 valence electrons. The second-order valence-electron chi connectivity index (χ2n) is 5.95. The van der Waals surface area contributed by atoms with Crippen molar-refractivity contribution in [2.24, 2.45) is 11.8 Å². The Balaban J connectivity index is 2.00. The van der Waals surface area contributed by atoms with Gasteiger partial charge < -0.3 is 14.9 Å². The fourth-order valence-electron chi connectivity index (χ4n) is 2.89.